The maximum Gasteiger partial charge on any atom is 0.223 e. The molecule has 5 heteroatoms. The maximum absolute atomic E-state index is 11.5. The normalized spacial score (nSPS) is 13.8. The van der Waals surface area contributed by atoms with E-state index >= 15 is 0 Å². The third-order valence-corrected chi connectivity index (χ3v) is 3.41. The maximum atomic E-state index is 11.5. The number of nitrogens with one attached hydrogen (secondary N) is 2. The highest BCUT2D eigenvalue weighted by Gasteiger charge is 2.28. The van der Waals surface area contributed by atoms with Crippen LogP contribution >= 0.6 is 0 Å². The van der Waals surface area contributed by atoms with Gasteiger partial charge in [-0.05, 0) is 37.5 Å². The highest BCUT2D eigenvalue weighted by atomic mass is 16.5. The van der Waals surface area contributed by atoms with E-state index < -0.39 is 0 Å². The molecule has 0 aliphatic heterocycles. The largest absolute Gasteiger partial charge is 0.493 e. The minimum Gasteiger partial charge on any atom is -0.493 e. The van der Waals surface area contributed by atoms with Crippen molar-refractivity contribution in [1.29, 1.82) is 0 Å². The Morgan fingerprint density at radius 3 is 2.76 bits per heavy atom. The molecule has 2 N–H and O–H groups in total. The molecule has 1 aliphatic rings. The van der Waals surface area contributed by atoms with Crippen molar-refractivity contribution in [2.24, 2.45) is 5.92 Å². The molecule has 1 aromatic rings. The standard InChI is InChI=1S/C16H24N2O3/c1-3-21-14-7-4-12(10-15(14)20-2)11-17-8-9-18-16(19)13-5-6-13/h4,7,10,13,17H,3,5-6,8-9,11H2,1-2H3,(H,18,19). The smallest absolute Gasteiger partial charge is 0.223 e. The molecule has 1 amide bonds. The summed E-state index contributed by atoms with van der Waals surface area (Å²) in [5.41, 5.74) is 1.13. The second-order valence-electron chi connectivity index (χ2n) is 5.16. The van der Waals surface area contributed by atoms with Crippen LogP contribution in [0.1, 0.15) is 25.3 Å². The van der Waals surface area contributed by atoms with Gasteiger partial charge in [0.25, 0.3) is 0 Å². The van der Waals surface area contributed by atoms with Gasteiger partial charge in [-0.2, -0.15) is 0 Å². The van der Waals surface area contributed by atoms with Crippen LogP contribution in [0, 0.1) is 5.92 Å². The molecule has 0 unspecified atom stereocenters. The van der Waals surface area contributed by atoms with E-state index in [1.54, 1.807) is 7.11 Å². The molecule has 1 aliphatic carbocycles. The van der Waals surface area contributed by atoms with Crippen LogP contribution in [0.4, 0.5) is 0 Å². The average molecular weight is 292 g/mol. The highest BCUT2D eigenvalue weighted by Crippen LogP contribution is 2.29. The minimum absolute atomic E-state index is 0.194. The van der Waals surface area contributed by atoms with Gasteiger partial charge in [0.15, 0.2) is 11.5 Å². The first-order valence-corrected chi connectivity index (χ1v) is 7.52. The van der Waals surface area contributed by atoms with Gasteiger partial charge >= 0.3 is 0 Å². The summed E-state index contributed by atoms with van der Waals surface area (Å²) < 4.78 is 10.8. The van der Waals surface area contributed by atoms with Gasteiger partial charge in [-0.3, -0.25) is 4.79 Å². The first-order chi connectivity index (χ1) is 10.2. The lowest BCUT2D eigenvalue weighted by Crippen LogP contribution is -2.32. The van der Waals surface area contributed by atoms with Crippen molar-refractivity contribution in [3.8, 4) is 11.5 Å². The fraction of sp³-hybridized carbons (Fsp3) is 0.562. The number of carbonyl (C=O) groups is 1. The van der Waals surface area contributed by atoms with E-state index in [-0.39, 0.29) is 11.8 Å². The number of carbonyl (C=O) groups excluding carboxylic acids is 1. The Balaban J connectivity index is 1.71. The van der Waals surface area contributed by atoms with E-state index in [1.807, 2.05) is 25.1 Å². The summed E-state index contributed by atoms with van der Waals surface area (Å²) in [6, 6.07) is 5.91. The van der Waals surface area contributed by atoms with E-state index in [0.29, 0.717) is 13.2 Å². The molecular weight excluding hydrogens is 268 g/mol. The van der Waals surface area contributed by atoms with Crippen molar-refractivity contribution in [3.05, 3.63) is 23.8 Å². The minimum atomic E-state index is 0.194. The van der Waals surface area contributed by atoms with Gasteiger partial charge in [-0.15, -0.1) is 0 Å². The number of methoxy groups -OCH3 is 1. The molecule has 1 aromatic carbocycles. The lowest BCUT2D eigenvalue weighted by molar-refractivity contribution is -0.122. The van der Waals surface area contributed by atoms with Crippen molar-refractivity contribution in [3.63, 3.8) is 0 Å². The molecule has 116 valence electrons. The van der Waals surface area contributed by atoms with Crippen LogP contribution in [0.5, 0.6) is 11.5 Å². The van der Waals surface area contributed by atoms with Crippen LogP contribution in [0.2, 0.25) is 0 Å². The third kappa shape index (κ3) is 4.93. The first kappa shape index (κ1) is 15.6. The highest BCUT2D eigenvalue weighted by molar-refractivity contribution is 5.80. The van der Waals surface area contributed by atoms with Crippen molar-refractivity contribution < 1.29 is 14.3 Å². The lowest BCUT2D eigenvalue weighted by atomic mass is 10.2. The molecule has 0 atom stereocenters. The average Bonchev–Trinajstić information content (AvgIpc) is 3.33. The second-order valence-corrected chi connectivity index (χ2v) is 5.16. The van der Waals surface area contributed by atoms with Crippen molar-refractivity contribution in [2.75, 3.05) is 26.8 Å². The molecule has 0 saturated heterocycles. The second kappa shape index (κ2) is 7.88. The van der Waals surface area contributed by atoms with Crippen LogP contribution in [0.3, 0.4) is 0 Å². The quantitative estimate of drug-likeness (QED) is 0.680. The van der Waals surface area contributed by atoms with Crippen LogP contribution in [-0.4, -0.2) is 32.7 Å². The van der Waals surface area contributed by atoms with Crippen molar-refractivity contribution >= 4 is 5.91 Å². The number of hydrogen-bond acceptors (Lipinski definition) is 4. The molecule has 0 aromatic heterocycles. The molecule has 0 radical (unpaired) electrons. The SMILES string of the molecule is CCOc1ccc(CNCCNC(=O)C2CC2)cc1OC. The van der Waals surface area contributed by atoms with Crippen LogP contribution in [0.25, 0.3) is 0 Å². The zero-order chi connectivity index (χ0) is 15.1. The molecule has 0 spiro atoms. The van der Waals surface area contributed by atoms with E-state index in [9.17, 15) is 4.79 Å². The topological polar surface area (TPSA) is 59.6 Å². The summed E-state index contributed by atoms with van der Waals surface area (Å²) in [5, 5.41) is 6.24. The molecule has 0 heterocycles. The predicted octanol–water partition coefficient (Wildman–Crippen LogP) is 1.71. The van der Waals surface area contributed by atoms with Gasteiger partial charge < -0.3 is 20.1 Å². The Morgan fingerprint density at radius 1 is 1.29 bits per heavy atom. The number of hydrogen-bond donors (Lipinski definition) is 2. The number of benzene rings is 1. The Kier molecular flexibility index (Phi) is 5.87. The summed E-state index contributed by atoms with van der Waals surface area (Å²) in [4.78, 5) is 11.5. The first-order valence-electron chi connectivity index (χ1n) is 7.52. The summed E-state index contributed by atoms with van der Waals surface area (Å²) in [7, 11) is 1.64. The van der Waals surface area contributed by atoms with Crippen LogP contribution in [-0.2, 0) is 11.3 Å². The molecule has 5 nitrogen and oxygen atoms in total. The van der Waals surface area contributed by atoms with E-state index in [0.717, 1.165) is 43.0 Å². The summed E-state index contributed by atoms with van der Waals surface area (Å²) in [5.74, 6) is 1.98. The zero-order valence-electron chi connectivity index (χ0n) is 12.8. The lowest BCUT2D eigenvalue weighted by Gasteiger charge is -2.11. The molecular formula is C16H24N2O3. The van der Waals surface area contributed by atoms with Gasteiger partial charge in [-0.25, -0.2) is 0 Å². The molecule has 1 saturated carbocycles. The molecule has 0 bridgehead atoms. The summed E-state index contributed by atoms with van der Waals surface area (Å²) in [6.07, 6.45) is 2.09. The van der Waals surface area contributed by atoms with Crippen LogP contribution < -0.4 is 20.1 Å². The molecule has 2 rings (SSSR count). The van der Waals surface area contributed by atoms with Gasteiger partial charge in [0.1, 0.15) is 0 Å². The fourth-order valence-corrected chi connectivity index (χ4v) is 2.09. The number of ether oxygens (including phenoxy) is 2. The van der Waals surface area contributed by atoms with Crippen molar-refractivity contribution in [2.45, 2.75) is 26.3 Å². The van der Waals surface area contributed by atoms with Gasteiger partial charge in [0, 0.05) is 25.6 Å². The van der Waals surface area contributed by atoms with Gasteiger partial charge in [0.2, 0.25) is 5.91 Å². The molecule has 1 fully saturated rings. The zero-order valence-corrected chi connectivity index (χ0v) is 12.8. The third-order valence-electron chi connectivity index (χ3n) is 3.41. The predicted molar refractivity (Wildman–Crippen MR) is 81.6 cm³/mol. The monoisotopic (exact) mass is 292 g/mol. The van der Waals surface area contributed by atoms with Gasteiger partial charge in [0.05, 0.1) is 13.7 Å². The van der Waals surface area contributed by atoms with E-state index in [2.05, 4.69) is 10.6 Å². The Bertz CT molecular complexity index is 473. The van der Waals surface area contributed by atoms with E-state index in [4.69, 9.17) is 9.47 Å². The van der Waals surface area contributed by atoms with Crippen LogP contribution in [0.15, 0.2) is 18.2 Å². The number of rotatable bonds is 9. The molecule has 21 heavy (non-hydrogen) atoms. The Morgan fingerprint density at radius 2 is 2.10 bits per heavy atom. The Hall–Kier alpha value is -1.75. The number of amides is 1. The van der Waals surface area contributed by atoms with Gasteiger partial charge in [-0.1, -0.05) is 6.07 Å². The summed E-state index contributed by atoms with van der Waals surface area (Å²) >= 11 is 0. The fourth-order valence-electron chi connectivity index (χ4n) is 2.09. The Labute approximate surface area is 126 Å². The van der Waals surface area contributed by atoms with E-state index in [1.165, 1.54) is 0 Å². The summed E-state index contributed by atoms with van der Waals surface area (Å²) in [6.45, 7) is 4.74. The van der Waals surface area contributed by atoms with Crippen molar-refractivity contribution in [1.82, 2.24) is 10.6 Å².